The zero-order chi connectivity index (χ0) is 13.2. The summed E-state index contributed by atoms with van der Waals surface area (Å²) in [5.41, 5.74) is 3.37. The minimum Gasteiger partial charge on any atom is -0.360 e. The third kappa shape index (κ3) is 2.18. The van der Waals surface area contributed by atoms with E-state index in [2.05, 4.69) is 23.9 Å². The first kappa shape index (κ1) is 12.1. The molecule has 19 heavy (non-hydrogen) atoms. The van der Waals surface area contributed by atoms with Gasteiger partial charge in [-0.3, -0.25) is 4.98 Å². The van der Waals surface area contributed by atoms with Crippen LogP contribution in [0.5, 0.6) is 0 Å². The van der Waals surface area contributed by atoms with Gasteiger partial charge in [-0.2, -0.15) is 0 Å². The van der Waals surface area contributed by atoms with Crippen LogP contribution in [0.2, 0.25) is 0 Å². The Labute approximate surface area is 113 Å². The minimum atomic E-state index is 0.747. The van der Waals surface area contributed by atoms with Gasteiger partial charge in [-0.1, -0.05) is 6.07 Å². The summed E-state index contributed by atoms with van der Waals surface area (Å²) in [5, 5.41) is 0. The molecule has 2 aromatic heterocycles. The average molecular weight is 254 g/mol. The van der Waals surface area contributed by atoms with Gasteiger partial charge in [0.2, 0.25) is 0 Å². The van der Waals surface area contributed by atoms with E-state index in [1.165, 1.54) is 17.7 Å². The summed E-state index contributed by atoms with van der Waals surface area (Å²) >= 11 is 0. The van der Waals surface area contributed by atoms with Crippen molar-refractivity contribution in [1.29, 1.82) is 0 Å². The highest BCUT2D eigenvalue weighted by Gasteiger charge is 2.21. The van der Waals surface area contributed by atoms with Crippen LogP contribution in [-0.4, -0.2) is 28.5 Å². The second kappa shape index (κ2) is 4.96. The molecule has 2 aromatic rings. The van der Waals surface area contributed by atoms with Crippen molar-refractivity contribution >= 4 is 5.82 Å². The summed E-state index contributed by atoms with van der Waals surface area (Å²) in [4.78, 5) is 16.0. The zero-order valence-corrected chi connectivity index (χ0v) is 11.4. The molecule has 0 bridgehead atoms. The van der Waals surface area contributed by atoms with E-state index in [0.29, 0.717) is 0 Å². The van der Waals surface area contributed by atoms with Crippen LogP contribution in [0.1, 0.15) is 24.6 Å². The van der Waals surface area contributed by atoms with E-state index in [0.717, 1.165) is 36.7 Å². The maximum Gasteiger partial charge on any atom is 0.180 e. The lowest BCUT2D eigenvalue weighted by Gasteiger charge is -2.19. The molecule has 0 atom stereocenters. The third-order valence-corrected chi connectivity index (χ3v) is 3.64. The molecule has 3 rings (SSSR count). The highest BCUT2D eigenvalue weighted by molar-refractivity contribution is 5.58. The smallest absolute Gasteiger partial charge is 0.180 e. The van der Waals surface area contributed by atoms with Gasteiger partial charge < -0.3 is 4.90 Å². The molecule has 2 heterocycles. The molecule has 4 heteroatoms. The van der Waals surface area contributed by atoms with Gasteiger partial charge in [0.25, 0.3) is 0 Å². The number of hydrogen-bond acceptors (Lipinski definition) is 4. The van der Waals surface area contributed by atoms with Crippen LogP contribution in [0.15, 0.2) is 24.4 Å². The van der Waals surface area contributed by atoms with Crippen molar-refractivity contribution in [2.45, 2.75) is 26.2 Å². The first-order valence-corrected chi connectivity index (χ1v) is 6.82. The summed E-state index contributed by atoms with van der Waals surface area (Å²) in [5.74, 6) is 1.82. The minimum absolute atomic E-state index is 0.747. The number of fused-ring (bicyclic) bond motifs is 1. The summed E-state index contributed by atoms with van der Waals surface area (Å²) < 4.78 is 0. The van der Waals surface area contributed by atoms with Crippen molar-refractivity contribution in [3.05, 3.63) is 35.7 Å². The van der Waals surface area contributed by atoms with Crippen molar-refractivity contribution < 1.29 is 0 Å². The first-order valence-electron chi connectivity index (χ1n) is 6.82. The highest BCUT2D eigenvalue weighted by atomic mass is 15.2. The van der Waals surface area contributed by atoms with E-state index >= 15 is 0 Å². The maximum atomic E-state index is 4.74. The number of rotatable bonds is 3. The van der Waals surface area contributed by atoms with Crippen LogP contribution >= 0.6 is 0 Å². The number of anilines is 1. The fraction of sp³-hybridized carbons (Fsp3) is 0.400. The van der Waals surface area contributed by atoms with Crippen molar-refractivity contribution in [1.82, 2.24) is 15.0 Å². The third-order valence-electron chi connectivity index (χ3n) is 3.64. The Kier molecular flexibility index (Phi) is 3.15. The monoisotopic (exact) mass is 254 g/mol. The van der Waals surface area contributed by atoms with E-state index in [9.17, 15) is 0 Å². The molecule has 0 fully saturated rings. The molecule has 1 aliphatic carbocycles. The molecule has 0 unspecified atom stereocenters. The topological polar surface area (TPSA) is 41.9 Å². The van der Waals surface area contributed by atoms with Gasteiger partial charge >= 0.3 is 0 Å². The normalized spacial score (nSPS) is 13.4. The van der Waals surface area contributed by atoms with Crippen LogP contribution in [0.25, 0.3) is 11.5 Å². The van der Waals surface area contributed by atoms with Crippen molar-refractivity contribution in [2.24, 2.45) is 0 Å². The Balaban J connectivity index is 2.13. The number of hydrogen-bond donors (Lipinski definition) is 0. The first-order chi connectivity index (χ1) is 9.29. The van der Waals surface area contributed by atoms with Crippen LogP contribution < -0.4 is 4.90 Å². The Hall–Kier alpha value is -1.97. The molecule has 0 aromatic carbocycles. The SMILES string of the molecule is CCN(C)c1nc(-c2ccccn2)nc2c1CCC2. The van der Waals surface area contributed by atoms with E-state index in [1.54, 1.807) is 6.20 Å². The van der Waals surface area contributed by atoms with E-state index in [4.69, 9.17) is 9.97 Å². The average Bonchev–Trinajstić information content (AvgIpc) is 2.94. The summed E-state index contributed by atoms with van der Waals surface area (Å²) in [6.45, 7) is 3.09. The molecule has 1 aliphatic rings. The largest absolute Gasteiger partial charge is 0.360 e. The quantitative estimate of drug-likeness (QED) is 0.844. The lowest BCUT2D eigenvalue weighted by atomic mass is 10.2. The molecule has 98 valence electrons. The van der Waals surface area contributed by atoms with E-state index in [1.807, 2.05) is 18.2 Å². The highest BCUT2D eigenvalue weighted by Crippen LogP contribution is 2.30. The van der Waals surface area contributed by atoms with Crippen molar-refractivity contribution in [3.8, 4) is 11.5 Å². The number of aromatic nitrogens is 3. The standard InChI is InChI=1S/C15H18N4/c1-3-19(2)15-11-7-6-9-12(11)17-14(18-15)13-8-4-5-10-16-13/h4-5,8,10H,3,6-7,9H2,1-2H3. The molecule has 0 saturated heterocycles. The van der Waals surface area contributed by atoms with Crippen LogP contribution in [0.3, 0.4) is 0 Å². The van der Waals surface area contributed by atoms with Gasteiger partial charge in [-0.15, -0.1) is 0 Å². The molecular weight excluding hydrogens is 236 g/mol. The Morgan fingerprint density at radius 3 is 2.84 bits per heavy atom. The van der Waals surface area contributed by atoms with Gasteiger partial charge in [0, 0.05) is 31.0 Å². The lowest BCUT2D eigenvalue weighted by Crippen LogP contribution is -2.20. The fourth-order valence-corrected chi connectivity index (χ4v) is 2.49. The van der Waals surface area contributed by atoms with E-state index in [-0.39, 0.29) is 0 Å². The van der Waals surface area contributed by atoms with Crippen LogP contribution in [-0.2, 0) is 12.8 Å². The second-order valence-electron chi connectivity index (χ2n) is 4.88. The molecule has 0 aliphatic heterocycles. The zero-order valence-electron chi connectivity index (χ0n) is 11.4. The summed E-state index contributed by atoms with van der Waals surface area (Å²) in [6.07, 6.45) is 5.12. The van der Waals surface area contributed by atoms with Gasteiger partial charge in [0.1, 0.15) is 11.5 Å². The Morgan fingerprint density at radius 1 is 1.21 bits per heavy atom. The Morgan fingerprint density at radius 2 is 2.11 bits per heavy atom. The van der Waals surface area contributed by atoms with Crippen molar-refractivity contribution in [3.63, 3.8) is 0 Å². The molecule has 0 spiro atoms. The second-order valence-corrected chi connectivity index (χ2v) is 4.88. The predicted octanol–water partition coefficient (Wildman–Crippen LogP) is 2.48. The lowest BCUT2D eigenvalue weighted by molar-refractivity contribution is 0.892. The van der Waals surface area contributed by atoms with Crippen LogP contribution in [0, 0.1) is 0 Å². The molecule has 0 N–H and O–H groups in total. The number of nitrogens with zero attached hydrogens (tertiary/aromatic N) is 4. The number of aryl methyl sites for hydroxylation is 1. The van der Waals surface area contributed by atoms with Crippen molar-refractivity contribution in [2.75, 3.05) is 18.5 Å². The molecule has 4 nitrogen and oxygen atoms in total. The van der Waals surface area contributed by atoms with Gasteiger partial charge in [-0.25, -0.2) is 9.97 Å². The van der Waals surface area contributed by atoms with Crippen LogP contribution in [0.4, 0.5) is 5.82 Å². The Bertz CT molecular complexity index is 580. The fourth-order valence-electron chi connectivity index (χ4n) is 2.49. The predicted molar refractivity (Wildman–Crippen MR) is 76.2 cm³/mol. The molecule has 0 saturated carbocycles. The molecule has 0 amide bonds. The molecule has 0 radical (unpaired) electrons. The van der Waals surface area contributed by atoms with Gasteiger partial charge in [0.05, 0.1) is 0 Å². The molecular formula is C15H18N4. The van der Waals surface area contributed by atoms with Gasteiger partial charge in [0.15, 0.2) is 5.82 Å². The maximum absolute atomic E-state index is 4.74. The number of pyridine rings is 1. The van der Waals surface area contributed by atoms with Gasteiger partial charge in [-0.05, 0) is 38.3 Å². The van der Waals surface area contributed by atoms with E-state index < -0.39 is 0 Å². The summed E-state index contributed by atoms with van der Waals surface area (Å²) in [7, 11) is 2.09. The summed E-state index contributed by atoms with van der Waals surface area (Å²) in [6, 6.07) is 5.85.